The van der Waals surface area contributed by atoms with E-state index in [1.54, 1.807) is 29.7 Å². The fourth-order valence-corrected chi connectivity index (χ4v) is 5.56. The first kappa shape index (κ1) is 22.4. The van der Waals surface area contributed by atoms with Crippen molar-refractivity contribution in [2.24, 2.45) is 0 Å². The highest BCUT2D eigenvalue weighted by Gasteiger charge is 2.26. The van der Waals surface area contributed by atoms with Crippen LogP contribution in [-0.4, -0.2) is 56.9 Å². The van der Waals surface area contributed by atoms with Gasteiger partial charge in [-0.3, -0.25) is 4.79 Å². The number of phenols is 1. The molecule has 4 heterocycles. The SMILES string of the molecule is Cc1cc(-c2cc(C(=O)N3CCN(c4cccc(O)c4)CC3)c3cnn(C(C)C)c3n2)c(C)s1. The smallest absolute Gasteiger partial charge is 0.254 e. The quantitative estimate of drug-likeness (QED) is 0.448. The number of carbonyl (C=O) groups excluding carboxylic acids is 1. The minimum Gasteiger partial charge on any atom is -0.508 e. The zero-order chi connectivity index (χ0) is 24.0. The summed E-state index contributed by atoms with van der Waals surface area (Å²) < 4.78 is 1.89. The number of hydrogen-bond acceptors (Lipinski definition) is 6. The monoisotopic (exact) mass is 475 g/mol. The number of piperazine rings is 1. The van der Waals surface area contributed by atoms with Crippen LogP contribution < -0.4 is 4.90 Å². The van der Waals surface area contributed by atoms with Crippen LogP contribution in [0, 0.1) is 13.8 Å². The van der Waals surface area contributed by atoms with E-state index in [9.17, 15) is 9.90 Å². The van der Waals surface area contributed by atoms with Crippen molar-refractivity contribution >= 4 is 34.0 Å². The Labute approximate surface area is 203 Å². The van der Waals surface area contributed by atoms with Gasteiger partial charge in [0.1, 0.15) is 5.75 Å². The van der Waals surface area contributed by atoms with Crippen LogP contribution in [0.1, 0.15) is 40.0 Å². The van der Waals surface area contributed by atoms with E-state index in [4.69, 9.17) is 4.98 Å². The molecule has 176 valence electrons. The molecule has 1 aromatic carbocycles. The number of rotatable bonds is 4. The van der Waals surface area contributed by atoms with Crippen LogP contribution in [0.15, 0.2) is 42.6 Å². The predicted octanol–water partition coefficient (Wildman–Crippen LogP) is 5.03. The summed E-state index contributed by atoms with van der Waals surface area (Å²) in [6, 6.07) is 11.5. The van der Waals surface area contributed by atoms with Gasteiger partial charge < -0.3 is 14.9 Å². The standard InChI is InChI=1S/C26H29N5O2S/c1-16(2)31-25-23(15-27-31)22(14-24(28-25)21-12-17(3)34-18(21)4)26(33)30-10-8-29(9-11-30)19-6-5-7-20(32)13-19/h5-7,12-16,32H,8-11H2,1-4H3. The van der Waals surface area contributed by atoms with Crippen LogP contribution >= 0.6 is 11.3 Å². The normalized spacial score (nSPS) is 14.4. The Kier molecular flexibility index (Phi) is 5.77. The second-order valence-electron chi connectivity index (χ2n) is 9.10. The van der Waals surface area contributed by atoms with Crippen molar-refractivity contribution in [3.63, 3.8) is 0 Å². The molecular weight excluding hydrogens is 446 g/mol. The minimum absolute atomic E-state index is 0.0112. The highest BCUT2D eigenvalue weighted by Crippen LogP contribution is 2.33. The number of aromatic nitrogens is 3. The van der Waals surface area contributed by atoms with Crippen LogP contribution in [0.5, 0.6) is 5.75 Å². The van der Waals surface area contributed by atoms with E-state index in [-0.39, 0.29) is 17.7 Å². The summed E-state index contributed by atoms with van der Waals surface area (Å²) in [5.74, 6) is 0.265. The lowest BCUT2D eigenvalue weighted by atomic mass is 10.1. The Morgan fingerprint density at radius 3 is 2.50 bits per heavy atom. The minimum atomic E-state index is 0.0112. The van der Waals surface area contributed by atoms with Gasteiger partial charge in [-0.15, -0.1) is 11.3 Å². The number of benzene rings is 1. The molecule has 3 aromatic heterocycles. The van der Waals surface area contributed by atoms with E-state index < -0.39 is 0 Å². The van der Waals surface area contributed by atoms with Crippen LogP contribution in [0.4, 0.5) is 5.69 Å². The average molecular weight is 476 g/mol. The molecule has 0 aliphatic carbocycles. The van der Waals surface area contributed by atoms with Gasteiger partial charge in [0.25, 0.3) is 5.91 Å². The molecular formula is C26H29N5O2S. The summed E-state index contributed by atoms with van der Waals surface area (Å²) in [7, 11) is 0. The number of aryl methyl sites for hydroxylation is 2. The van der Waals surface area contributed by atoms with Crippen molar-refractivity contribution in [2.75, 3.05) is 31.1 Å². The lowest BCUT2D eigenvalue weighted by molar-refractivity contribution is 0.0748. The van der Waals surface area contributed by atoms with E-state index in [0.717, 1.165) is 28.0 Å². The molecule has 8 heteroatoms. The molecule has 1 fully saturated rings. The Bertz CT molecular complexity index is 1370. The number of hydrogen-bond donors (Lipinski definition) is 1. The molecule has 5 rings (SSSR count). The topological polar surface area (TPSA) is 74.5 Å². The first-order valence-electron chi connectivity index (χ1n) is 11.6. The summed E-state index contributed by atoms with van der Waals surface area (Å²) in [4.78, 5) is 25.3. The second kappa shape index (κ2) is 8.76. The summed E-state index contributed by atoms with van der Waals surface area (Å²) in [6.07, 6.45) is 1.77. The zero-order valence-electron chi connectivity index (χ0n) is 19.9. The Hall–Kier alpha value is -3.39. The van der Waals surface area contributed by atoms with E-state index in [2.05, 4.69) is 43.8 Å². The highest BCUT2D eigenvalue weighted by atomic mass is 32.1. The second-order valence-corrected chi connectivity index (χ2v) is 10.6. The molecule has 0 atom stereocenters. The molecule has 0 radical (unpaired) electrons. The third-order valence-electron chi connectivity index (χ3n) is 6.36. The third kappa shape index (κ3) is 4.03. The molecule has 1 saturated heterocycles. The van der Waals surface area contributed by atoms with Gasteiger partial charge in [-0.25, -0.2) is 9.67 Å². The number of phenolic OH excluding ortho intramolecular Hbond substituents is 1. The first-order valence-corrected chi connectivity index (χ1v) is 12.4. The molecule has 1 aliphatic heterocycles. The summed E-state index contributed by atoms with van der Waals surface area (Å²) in [6.45, 7) is 11.0. The molecule has 1 aliphatic rings. The molecule has 1 N–H and O–H groups in total. The third-order valence-corrected chi connectivity index (χ3v) is 7.33. The van der Waals surface area contributed by atoms with Crippen LogP contribution in [0.25, 0.3) is 22.3 Å². The van der Waals surface area contributed by atoms with Crippen LogP contribution in [0.3, 0.4) is 0 Å². The Morgan fingerprint density at radius 2 is 1.85 bits per heavy atom. The van der Waals surface area contributed by atoms with Crippen molar-refractivity contribution in [3.05, 3.63) is 57.9 Å². The maximum absolute atomic E-state index is 13.8. The number of fused-ring (bicyclic) bond motifs is 1. The van der Waals surface area contributed by atoms with Gasteiger partial charge >= 0.3 is 0 Å². The van der Waals surface area contributed by atoms with Gasteiger partial charge in [0.05, 0.1) is 22.8 Å². The molecule has 0 bridgehead atoms. The molecule has 7 nitrogen and oxygen atoms in total. The van der Waals surface area contributed by atoms with Crippen molar-refractivity contribution in [1.82, 2.24) is 19.7 Å². The number of carbonyl (C=O) groups is 1. The molecule has 0 spiro atoms. The number of amides is 1. The van der Waals surface area contributed by atoms with Crippen molar-refractivity contribution in [2.45, 2.75) is 33.7 Å². The maximum atomic E-state index is 13.8. The molecule has 1 amide bonds. The van der Waals surface area contributed by atoms with Gasteiger partial charge in [-0.1, -0.05) is 6.07 Å². The average Bonchev–Trinajstić information content (AvgIpc) is 3.40. The van der Waals surface area contributed by atoms with Crippen molar-refractivity contribution in [3.8, 4) is 17.0 Å². The van der Waals surface area contributed by atoms with E-state index in [1.165, 1.54) is 9.75 Å². The number of anilines is 1. The van der Waals surface area contributed by atoms with Crippen molar-refractivity contribution in [1.29, 1.82) is 0 Å². The number of pyridine rings is 1. The highest BCUT2D eigenvalue weighted by molar-refractivity contribution is 7.12. The van der Waals surface area contributed by atoms with Gasteiger partial charge in [0, 0.05) is 59.3 Å². The number of thiophene rings is 1. The van der Waals surface area contributed by atoms with Gasteiger partial charge in [-0.05, 0) is 52.0 Å². The largest absolute Gasteiger partial charge is 0.508 e. The molecule has 34 heavy (non-hydrogen) atoms. The molecule has 0 saturated carbocycles. The Morgan fingerprint density at radius 1 is 1.09 bits per heavy atom. The van der Waals surface area contributed by atoms with E-state index in [0.29, 0.717) is 31.7 Å². The van der Waals surface area contributed by atoms with Crippen molar-refractivity contribution < 1.29 is 9.90 Å². The lowest BCUT2D eigenvalue weighted by Gasteiger charge is -2.36. The maximum Gasteiger partial charge on any atom is 0.254 e. The van der Waals surface area contributed by atoms with Crippen LogP contribution in [0.2, 0.25) is 0 Å². The fourth-order valence-electron chi connectivity index (χ4n) is 4.62. The summed E-state index contributed by atoms with van der Waals surface area (Å²) >= 11 is 1.74. The summed E-state index contributed by atoms with van der Waals surface area (Å²) in [5.41, 5.74) is 4.27. The molecule has 4 aromatic rings. The van der Waals surface area contributed by atoms with Gasteiger partial charge in [0.15, 0.2) is 5.65 Å². The number of aromatic hydroxyl groups is 1. The first-order chi connectivity index (χ1) is 16.3. The fraction of sp³-hybridized carbons (Fsp3) is 0.346. The van der Waals surface area contributed by atoms with Gasteiger partial charge in [-0.2, -0.15) is 5.10 Å². The zero-order valence-corrected chi connectivity index (χ0v) is 20.8. The Balaban J connectivity index is 1.49. The van der Waals surface area contributed by atoms with Gasteiger partial charge in [0.2, 0.25) is 0 Å². The van der Waals surface area contributed by atoms with Crippen LogP contribution in [-0.2, 0) is 0 Å². The molecule has 0 unspecified atom stereocenters. The van der Waals surface area contributed by atoms with E-state index >= 15 is 0 Å². The summed E-state index contributed by atoms with van der Waals surface area (Å²) in [5, 5.41) is 15.2. The lowest BCUT2D eigenvalue weighted by Crippen LogP contribution is -2.48. The number of nitrogens with zero attached hydrogens (tertiary/aromatic N) is 5. The predicted molar refractivity (Wildman–Crippen MR) is 137 cm³/mol. The van der Waals surface area contributed by atoms with E-state index in [1.807, 2.05) is 27.8 Å².